The van der Waals surface area contributed by atoms with Gasteiger partial charge in [0.25, 0.3) is 0 Å². The zero-order valence-electron chi connectivity index (χ0n) is 12.6. The van der Waals surface area contributed by atoms with Gasteiger partial charge < -0.3 is 10.1 Å². The summed E-state index contributed by atoms with van der Waals surface area (Å²) in [5.41, 5.74) is 5.96. The van der Waals surface area contributed by atoms with Crippen molar-refractivity contribution in [3.05, 3.63) is 35.9 Å². The van der Waals surface area contributed by atoms with E-state index in [0.717, 1.165) is 5.56 Å². The van der Waals surface area contributed by atoms with Crippen molar-refractivity contribution in [2.75, 3.05) is 13.2 Å². The molecule has 0 aliphatic heterocycles. The quantitative estimate of drug-likeness (QED) is 0.397. The molecule has 0 saturated heterocycles. The van der Waals surface area contributed by atoms with Crippen LogP contribution >= 0.6 is 12.2 Å². The van der Waals surface area contributed by atoms with E-state index in [1.807, 2.05) is 37.3 Å². The largest absolute Gasteiger partial charge is 0.381 e. The molecule has 1 aromatic rings. The fourth-order valence-electron chi connectivity index (χ4n) is 1.62. The van der Waals surface area contributed by atoms with Crippen molar-refractivity contribution in [2.24, 2.45) is 0 Å². The van der Waals surface area contributed by atoms with Gasteiger partial charge in [0, 0.05) is 13.0 Å². The highest BCUT2D eigenvalue weighted by Gasteiger charge is 2.06. The van der Waals surface area contributed by atoms with E-state index < -0.39 is 0 Å². The predicted molar refractivity (Wildman–Crippen MR) is 87.9 cm³/mol. The number of hydrogen-bond donors (Lipinski definition) is 3. The van der Waals surface area contributed by atoms with Crippen molar-refractivity contribution in [1.82, 2.24) is 16.2 Å². The van der Waals surface area contributed by atoms with Gasteiger partial charge in [-0.15, -0.1) is 0 Å². The molecule has 0 radical (unpaired) electrons. The Hall–Kier alpha value is -1.99. The molecule has 0 bridgehead atoms. The Bertz CT molecular complexity index is 494. The van der Waals surface area contributed by atoms with Gasteiger partial charge in [0.2, 0.25) is 11.8 Å². The van der Waals surface area contributed by atoms with E-state index >= 15 is 0 Å². The van der Waals surface area contributed by atoms with Crippen LogP contribution in [0, 0.1) is 0 Å². The van der Waals surface area contributed by atoms with Gasteiger partial charge >= 0.3 is 0 Å². The maximum atomic E-state index is 11.7. The van der Waals surface area contributed by atoms with Gasteiger partial charge in [0.05, 0.1) is 13.0 Å². The van der Waals surface area contributed by atoms with Crippen molar-refractivity contribution in [1.29, 1.82) is 0 Å². The van der Waals surface area contributed by atoms with Crippen LogP contribution in [0.1, 0.15) is 25.3 Å². The first-order valence-electron chi connectivity index (χ1n) is 7.12. The van der Waals surface area contributed by atoms with Gasteiger partial charge in [-0.3, -0.25) is 20.4 Å². The Morgan fingerprint density at radius 3 is 2.50 bits per heavy atom. The second-order valence-corrected chi connectivity index (χ2v) is 4.89. The lowest BCUT2D eigenvalue weighted by Crippen LogP contribution is -2.48. The first-order chi connectivity index (χ1) is 10.6. The monoisotopic (exact) mass is 323 g/mol. The molecule has 0 unspecified atom stereocenters. The van der Waals surface area contributed by atoms with Crippen LogP contribution in [0.3, 0.4) is 0 Å². The Balaban J connectivity index is 2.16. The number of rotatable bonds is 7. The second-order valence-electron chi connectivity index (χ2n) is 4.48. The highest BCUT2D eigenvalue weighted by Crippen LogP contribution is 2.01. The van der Waals surface area contributed by atoms with E-state index in [9.17, 15) is 9.59 Å². The van der Waals surface area contributed by atoms with Crippen molar-refractivity contribution in [3.63, 3.8) is 0 Å². The minimum atomic E-state index is -0.255. The minimum Gasteiger partial charge on any atom is -0.381 e. The lowest BCUT2D eigenvalue weighted by atomic mass is 10.1. The molecule has 0 atom stereocenters. The predicted octanol–water partition coefficient (Wildman–Crippen LogP) is 1.07. The molecular weight excluding hydrogens is 302 g/mol. The van der Waals surface area contributed by atoms with Crippen molar-refractivity contribution < 1.29 is 14.3 Å². The Labute approximate surface area is 135 Å². The summed E-state index contributed by atoms with van der Waals surface area (Å²) in [7, 11) is 0. The van der Waals surface area contributed by atoms with E-state index in [4.69, 9.17) is 17.0 Å². The first-order valence-corrected chi connectivity index (χ1v) is 7.53. The van der Waals surface area contributed by atoms with Gasteiger partial charge in [-0.25, -0.2) is 0 Å². The van der Waals surface area contributed by atoms with Gasteiger partial charge in [-0.1, -0.05) is 30.3 Å². The zero-order valence-corrected chi connectivity index (χ0v) is 13.4. The van der Waals surface area contributed by atoms with E-state index in [0.29, 0.717) is 26.1 Å². The number of benzene rings is 1. The molecule has 6 nitrogen and oxygen atoms in total. The van der Waals surface area contributed by atoms with Crippen LogP contribution in [0.4, 0.5) is 0 Å². The minimum absolute atomic E-state index is 0.0721. The molecular formula is C15H21N3O3S. The standard InChI is InChI=1S/C15H21N3O3S/c1-2-21-11-10-14(20)17-18-15(22)16-13(19)9-8-12-6-4-3-5-7-12/h3-7H,2,8-11H2,1H3,(H,17,20)(H2,16,18,19,22). The third-order valence-corrected chi connectivity index (χ3v) is 2.93. The molecule has 120 valence electrons. The summed E-state index contributed by atoms with van der Waals surface area (Å²) in [5, 5.41) is 2.58. The van der Waals surface area contributed by atoms with Crippen molar-refractivity contribution in [3.8, 4) is 0 Å². The first kappa shape index (κ1) is 18.1. The number of carbonyl (C=O) groups excluding carboxylic acids is 2. The molecule has 1 rings (SSSR count). The third-order valence-electron chi connectivity index (χ3n) is 2.73. The van der Waals surface area contributed by atoms with Crippen LogP contribution in [0.5, 0.6) is 0 Å². The van der Waals surface area contributed by atoms with Crippen LogP contribution in [0.2, 0.25) is 0 Å². The molecule has 1 aromatic carbocycles. The van der Waals surface area contributed by atoms with Crippen LogP contribution in [-0.4, -0.2) is 30.1 Å². The summed E-state index contributed by atoms with van der Waals surface area (Å²) < 4.78 is 5.06. The summed E-state index contributed by atoms with van der Waals surface area (Å²) in [5.74, 6) is -0.459. The third kappa shape index (κ3) is 8.33. The van der Waals surface area contributed by atoms with Crippen LogP contribution in [0.15, 0.2) is 30.3 Å². The molecule has 22 heavy (non-hydrogen) atoms. The fraction of sp³-hybridized carbons (Fsp3) is 0.400. The SMILES string of the molecule is CCOCCC(=O)NNC(=S)NC(=O)CCc1ccccc1. The summed E-state index contributed by atoms with van der Waals surface area (Å²) in [6.07, 6.45) is 1.19. The molecule has 2 amide bonds. The summed E-state index contributed by atoms with van der Waals surface area (Å²) in [4.78, 5) is 23.1. The summed E-state index contributed by atoms with van der Waals surface area (Å²) in [6.45, 7) is 2.77. The van der Waals surface area contributed by atoms with E-state index in [1.165, 1.54) is 0 Å². The molecule has 0 aliphatic carbocycles. The molecule has 7 heteroatoms. The number of nitrogens with one attached hydrogen (secondary N) is 3. The lowest BCUT2D eigenvalue weighted by molar-refractivity contribution is -0.123. The Morgan fingerprint density at radius 2 is 1.82 bits per heavy atom. The zero-order chi connectivity index (χ0) is 16.2. The van der Waals surface area contributed by atoms with Crippen LogP contribution in [-0.2, 0) is 20.7 Å². The van der Waals surface area contributed by atoms with E-state index in [2.05, 4.69) is 16.2 Å². The summed E-state index contributed by atoms with van der Waals surface area (Å²) >= 11 is 4.93. The normalized spacial score (nSPS) is 9.86. The van der Waals surface area contributed by atoms with Crippen LogP contribution in [0.25, 0.3) is 0 Å². The van der Waals surface area contributed by atoms with Crippen molar-refractivity contribution in [2.45, 2.75) is 26.2 Å². The number of hydrogen-bond acceptors (Lipinski definition) is 4. The van der Waals surface area contributed by atoms with E-state index in [-0.39, 0.29) is 23.3 Å². The molecule has 3 N–H and O–H groups in total. The van der Waals surface area contributed by atoms with E-state index in [1.54, 1.807) is 0 Å². The second kappa shape index (κ2) is 10.7. The number of hydrazine groups is 1. The molecule has 0 fully saturated rings. The van der Waals surface area contributed by atoms with Crippen LogP contribution < -0.4 is 16.2 Å². The number of thiocarbonyl (C=S) groups is 1. The fourth-order valence-corrected chi connectivity index (χ4v) is 1.79. The van der Waals surface area contributed by atoms with Gasteiger partial charge in [0.1, 0.15) is 0 Å². The maximum absolute atomic E-state index is 11.7. The molecule has 0 aromatic heterocycles. The summed E-state index contributed by atoms with van der Waals surface area (Å²) in [6, 6.07) is 9.70. The van der Waals surface area contributed by atoms with Gasteiger partial charge in [-0.05, 0) is 31.1 Å². The highest BCUT2D eigenvalue weighted by molar-refractivity contribution is 7.80. The molecule has 0 heterocycles. The molecule has 0 aliphatic rings. The van der Waals surface area contributed by atoms with Gasteiger partial charge in [0.15, 0.2) is 5.11 Å². The smallest absolute Gasteiger partial charge is 0.240 e. The Morgan fingerprint density at radius 1 is 1.09 bits per heavy atom. The lowest BCUT2D eigenvalue weighted by Gasteiger charge is -2.10. The van der Waals surface area contributed by atoms with Crippen molar-refractivity contribution >= 4 is 29.1 Å². The topological polar surface area (TPSA) is 79.5 Å². The number of aryl methyl sites for hydroxylation is 1. The molecule has 0 saturated carbocycles. The van der Waals surface area contributed by atoms with Gasteiger partial charge in [-0.2, -0.15) is 0 Å². The average Bonchev–Trinajstić information content (AvgIpc) is 2.52. The molecule has 0 spiro atoms. The number of carbonyl (C=O) groups is 2. The number of ether oxygens (including phenoxy) is 1. The Kier molecular flexibility index (Phi) is 8.78. The number of amides is 2. The highest BCUT2D eigenvalue weighted by atomic mass is 32.1. The maximum Gasteiger partial charge on any atom is 0.240 e. The average molecular weight is 323 g/mol.